The highest BCUT2D eigenvalue weighted by molar-refractivity contribution is 7.07. The van der Waals surface area contributed by atoms with Crippen molar-refractivity contribution in [2.24, 2.45) is 5.92 Å². The van der Waals surface area contributed by atoms with Gasteiger partial charge in [-0.25, -0.2) is 4.79 Å². The third-order valence-corrected chi connectivity index (χ3v) is 7.51. The van der Waals surface area contributed by atoms with Gasteiger partial charge < -0.3 is 10.2 Å². The molecule has 1 saturated heterocycles. The van der Waals surface area contributed by atoms with E-state index in [2.05, 4.69) is 59.1 Å². The van der Waals surface area contributed by atoms with Gasteiger partial charge >= 0.3 is 6.03 Å². The monoisotopic (exact) mass is 439 g/mol. The van der Waals surface area contributed by atoms with Crippen LogP contribution in [0.1, 0.15) is 60.8 Å². The molecule has 2 amide bonds. The fraction of sp³-hybridized carbons (Fsp3) is 0.577. The van der Waals surface area contributed by atoms with Gasteiger partial charge in [0.1, 0.15) is 0 Å². The third-order valence-electron chi connectivity index (χ3n) is 6.77. The average molecular weight is 440 g/mol. The highest BCUT2D eigenvalue weighted by atomic mass is 32.1. The minimum Gasteiger partial charge on any atom is -0.335 e. The number of hydrogen-bond acceptors (Lipinski definition) is 3. The minimum absolute atomic E-state index is 0.163. The Morgan fingerprint density at radius 1 is 1.03 bits per heavy atom. The smallest absolute Gasteiger partial charge is 0.317 e. The Kier molecular flexibility index (Phi) is 7.67. The number of urea groups is 1. The Labute approximate surface area is 191 Å². The van der Waals surface area contributed by atoms with Gasteiger partial charge in [-0.2, -0.15) is 11.3 Å². The van der Waals surface area contributed by atoms with Crippen LogP contribution in [0.3, 0.4) is 0 Å². The van der Waals surface area contributed by atoms with Crippen molar-refractivity contribution in [3.8, 4) is 0 Å². The van der Waals surface area contributed by atoms with Crippen LogP contribution in [-0.4, -0.2) is 41.5 Å². The first-order chi connectivity index (χ1) is 15.0. The lowest BCUT2D eigenvalue weighted by molar-refractivity contribution is 0.139. The van der Waals surface area contributed by atoms with E-state index in [9.17, 15) is 4.79 Å². The van der Waals surface area contributed by atoms with Gasteiger partial charge in [0.25, 0.3) is 0 Å². The zero-order chi connectivity index (χ0) is 21.6. The Balaban J connectivity index is 1.33. The maximum Gasteiger partial charge on any atom is 0.317 e. The first-order valence-corrected chi connectivity index (χ1v) is 12.9. The number of piperidine rings is 1. The number of carbonyl (C=O) groups is 1. The lowest BCUT2D eigenvalue weighted by atomic mass is 9.95. The van der Waals surface area contributed by atoms with E-state index in [4.69, 9.17) is 0 Å². The van der Waals surface area contributed by atoms with Crippen molar-refractivity contribution in [1.29, 1.82) is 0 Å². The van der Waals surface area contributed by atoms with E-state index in [1.54, 1.807) is 11.3 Å². The maximum atomic E-state index is 12.6. The SMILES string of the molecule is Cc1cc(C)cc(CN(Cc2ccsc2)CC2CCN(C(=O)NC3CCCC3)CC2)c1. The molecule has 4 rings (SSSR count). The van der Waals surface area contributed by atoms with Gasteiger partial charge in [-0.3, -0.25) is 4.90 Å². The van der Waals surface area contributed by atoms with E-state index in [0.717, 1.165) is 58.4 Å². The van der Waals surface area contributed by atoms with Crippen molar-refractivity contribution in [3.63, 3.8) is 0 Å². The van der Waals surface area contributed by atoms with Crippen LogP contribution >= 0.6 is 11.3 Å². The normalized spacial score (nSPS) is 18.1. The fourth-order valence-corrected chi connectivity index (χ4v) is 5.92. The summed E-state index contributed by atoms with van der Waals surface area (Å²) >= 11 is 1.78. The standard InChI is InChI=1S/C26H37N3OS/c1-20-13-21(2)15-24(14-20)18-28(17-23-9-12-31-19-23)16-22-7-10-29(11-8-22)26(30)27-25-5-3-4-6-25/h9,12-15,19,22,25H,3-8,10-11,16-18H2,1-2H3,(H,27,30). The number of benzene rings is 1. The number of hydrogen-bond donors (Lipinski definition) is 1. The predicted octanol–water partition coefficient (Wildman–Crippen LogP) is 5.73. The number of aryl methyl sites for hydroxylation is 2. The van der Waals surface area contributed by atoms with Crippen molar-refractivity contribution in [2.75, 3.05) is 19.6 Å². The molecule has 2 heterocycles. The second-order valence-electron chi connectivity index (χ2n) is 9.66. The fourth-order valence-electron chi connectivity index (χ4n) is 5.26. The summed E-state index contributed by atoms with van der Waals surface area (Å²) < 4.78 is 0. The first-order valence-electron chi connectivity index (χ1n) is 11.9. The van der Waals surface area contributed by atoms with E-state index in [0.29, 0.717) is 12.0 Å². The van der Waals surface area contributed by atoms with E-state index in [1.165, 1.54) is 35.1 Å². The van der Waals surface area contributed by atoms with E-state index >= 15 is 0 Å². The number of nitrogens with one attached hydrogen (secondary N) is 1. The van der Waals surface area contributed by atoms with Crippen LogP contribution in [-0.2, 0) is 13.1 Å². The maximum absolute atomic E-state index is 12.6. The average Bonchev–Trinajstić information content (AvgIpc) is 3.42. The molecule has 0 bridgehead atoms. The van der Waals surface area contributed by atoms with Crippen molar-refractivity contribution in [1.82, 2.24) is 15.1 Å². The summed E-state index contributed by atoms with van der Waals surface area (Å²) in [6.07, 6.45) is 7.02. The molecule has 1 aromatic carbocycles. The lowest BCUT2D eigenvalue weighted by Gasteiger charge is -2.35. The number of thiophene rings is 1. The summed E-state index contributed by atoms with van der Waals surface area (Å²) in [4.78, 5) is 17.3. The number of rotatable bonds is 7. The molecule has 2 aromatic rings. The molecule has 0 radical (unpaired) electrons. The van der Waals surface area contributed by atoms with Crippen molar-refractivity contribution >= 4 is 17.4 Å². The lowest BCUT2D eigenvalue weighted by Crippen LogP contribution is -2.48. The molecule has 1 N–H and O–H groups in total. The molecule has 1 saturated carbocycles. The minimum atomic E-state index is 0.163. The third kappa shape index (κ3) is 6.56. The van der Waals surface area contributed by atoms with Crippen molar-refractivity contribution in [2.45, 2.75) is 71.5 Å². The molecule has 2 aliphatic rings. The molecule has 168 valence electrons. The highest BCUT2D eigenvalue weighted by Crippen LogP contribution is 2.23. The molecule has 31 heavy (non-hydrogen) atoms. The van der Waals surface area contributed by atoms with Crippen LogP contribution in [0.4, 0.5) is 4.79 Å². The van der Waals surface area contributed by atoms with Gasteiger partial charge in [0.2, 0.25) is 0 Å². The molecule has 4 nitrogen and oxygen atoms in total. The number of nitrogens with zero attached hydrogens (tertiary/aromatic N) is 2. The van der Waals surface area contributed by atoms with Gasteiger partial charge in [-0.05, 0) is 73.4 Å². The summed E-state index contributed by atoms with van der Waals surface area (Å²) in [5.41, 5.74) is 5.49. The van der Waals surface area contributed by atoms with Crippen LogP contribution in [0.5, 0.6) is 0 Å². The molecule has 0 unspecified atom stereocenters. The van der Waals surface area contributed by atoms with Crippen molar-refractivity contribution < 1.29 is 4.79 Å². The Morgan fingerprint density at radius 2 is 1.71 bits per heavy atom. The summed E-state index contributed by atoms with van der Waals surface area (Å²) in [6.45, 7) is 9.23. The van der Waals surface area contributed by atoms with Crippen LogP contribution < -0.4 is 5.32 Å². The number of amides is 2. The molecule has 1 aliphatic heterocycles. The molecule has 0 atom stereocenters. The van der Waals surface area contributed by atoms with Crippen LogP contribution in [0.15, 0.2) is 35.0 Å². The van der Waals surface area contributed by atoms with Crippen LogP contribution in [0.25, 0.3) is 0 Å². The van der Waals surface area contributed by atoms with Crippen LogP contribution in [0, 0.1) is 19.8 Å². The Hall–Kier alpha value is -1.85. The van der Waals surface area contributed by atoms with Gasteiger partial charge in [0, 0.05) is 38.8 Å². The molecule has 5 heteroatoms. The zero-order valence-corrected chi connectivity index (χ0v) is 19.9. The second-order valence-corrected chi connectivity index (χ2v) is 10.4. The van der Waals surface area contributed by atoms with E-state index in [-0.39, 0.29) is 6.03 Å². The van der Waals surface area contributed by atoms with Gasteiger partial charge in [0.05, 0.1) is 0 Å². The zero-order valence-electron chi connectivity index (χ0n) is 19.1. The first kappa shape index (κ1) is 22.3. The summed E-state index contributed by atoms with van der Waals surface area (Å²) in [7, 11) is 0. The molecule has 2 fully saturated rings. The quantitative estimate of drug-likeness (QED) is 0.598. The molecular formula is C26H37N3OS. The number of likely N-dealkylation sites (tertiary alicyclic amines) is 1. The van der Waals surface area contributed by atoms with Gasteiger partial charge in [0.15, 0.2) is 0 Å². The highest BCUT2D eigenvalue weighted by Gasteiger charge is 2.26. The molecule has 1 aromatic heterocycles. The Morgan fingerprint density at radius 3 is 2.35 bits per heavy atom. The number of carbonyl (C=O) groups excluding carboxylic acids is 1. The topological polar surface area (TPSA) is 35.6 Å². The van der Waals surface area contributed by atoms with Crippen LogP contribution in [0.2, 0.25) is 0 Å². The summed E-state index contributed by atoms with van der Waals surface area (Å²) in [6, 6.07) is 9.71. The second kappa shape index (κ2) is 10.6. The molecule has 1 aliphatic carbocycles. The largest absolute Gasteiger partial charge is 0.335 e. The van der Waals surface area contributed by atoms with Crippen molar-refractivity contribution in [3.05, 3.63) is 57.3 Å². The molecule has 0 spiro atoms. The van der Waals surface area contributed by atoms with Gasteiger partial charge in [-0.15, -0.1) is 0 Å². The predicted molar refractivity (Wildman–Crippen MR) is 129 cm³/mol. The van der Waals surface area contributed by atoms with E-state index in [1.807, 2.05) is 4.90 Å². The van der Waals surface area contributed by atoms with Gasteiger partial charge in [-0.1, -0.05) is 42.2 Å². The summed E-state index contributed by atoms with van der Waals surface area (Å²) in [5.74, 6) is 0.653. The van der Waals surface area contributed by atoms with E-state index < -0.39 is 0 Å². The molecular weight excluding hydrogens is 402 g/mol. The Bertz CT molecular complexity index is 816. The summed E-state index contributed by atoms with van der Waals surface area (Å²) in [5, 5.41) is 7.70.